The van der Waals surface area contributed by atoms with Crippen molar-refractivity contribution in [3.8, 4) is 6.01 Å². The van der Waals surface area contributed by atoms with Gasteiger partial charge >= 0.3 is 6.01 Å². The number of methoxy groups -OCH3 is 1. The summed E-state index contributed by atoms with van der Waals surface area (Å²) in [6.07, 6.45) is 2.66. The van der Waals surface area contributed by atoms with Gasteiger partial charge in [0.1, 0.15) is 5.02 Å². The first-order valence-corrected chi connectivity index (χ1v) is 6.86. The third-order valence-electron chi connectivity index (χ3n) is 3.22. The van der Waals surface area contributed by atoms with Crippen molar-refractivity contribution in [1.82, 2.24) is 14.9 Å². The highest BCUT2D eigenvalue weighted by Crippen LogP contribution is 2.25. The van der Waals surface area contributed by atoms with Crippen molar-refractivity contribution in [2.75, 3.05) is 51.3 Å². The Balaban J connectivity index is 2.09. The molecule has 0 unspecified atom stereocenters. The van der Waals surface area contributed by atoms with E-state index in [9.17, 15) is 0 Å². The molecule has 1 fully saturated rings. The minimum Gasteiger partial charge on any atom is -0.467 e. The van der Waals surface area contributed by atoms with Crippen LogP contribution in [-0.2, 0) is 0 Å². The maximum Gasteiger partial charge on any atom is 0.318 e. The van der Waals surface area contributed by atoms with Crippen LogP contribution in [0.25, 0.3) is 0 Å². The molecule has 0 aliphatic carbocycles. The van der Waals surface area contributed by atoms with Crippen LogP contribution < -0.4 is 15.4 Å². The van der Waals surface area contributed by atoms with Gasteiger partial charge in [-0.05, 0) is 13.0 Å². The molecular weight excluding hydrogens is 266 g/mol. The van der Waals surface area contributed by atoms with E-state index in [1.54, 1.807) is 13.3 Å². The smallest absolute Gasteiger partial charge is 0.318 e. The van der Waals surface area contributed by atoms with Gasteiger partial charge in [0.05, 0.1) is 13.3 Å². The average Bonchev–Trinajstić information content (AvgIpc) is 2.65. The molecule has 6 nitrogen and oxygen atoms in total. The number of hydrogen-bond donors (Lipinski definition) is 1. The maximum atomic E-state index is 6.18. The van der Waals surface area contributed by atoms with E-state index in [-0.39, 0.29) is 0 Å². The summed E-state index contributed by atoms with van der Waals surface area (Å²) in [5.74, 6) is 0.753. The number of aromatic nitrogens is 2. The van der Waals surface area contributed by atoms with Gasteiger partial charge in [0.25, 0.3) is 0 Å². The van der Waals surface area contributed by atoms with Crippen molar-refractivity contribution in [3.05, 3.63) is 11.2 Å². The first-order chi connectivity index (χ1) is 9.24. The Labute approximate surface area is 118 Å². The Kier molecular flexibility index (Phi) is 5.18. The van der Waals surface area contributed by atoms with E-state index in [4.69, 9.17) is 22.1 Å². The summed E-state index contributed by atoms with van der Waals surface area (Å²) in [5.41, 5.74) is 5.60. The lowest BCUT2D eigenvalue weighted by molar-refractivity contribution is 0.302. The average molecular weight is 286 g/mol. The normalized spacial score (nSPS) is 17.3. The van der Waals surface area contributed by atoms with Gasteiger partial charge in [-0.1, -0.05) is 11.6 Å². The molecule has 2 N–H and O–H groups in total. The quantitative estimate of drug-likeness (QED) is 0.874. The third-order valence-corrected chi connectivity index (χ3v) is 3.49. The van der Waals surface area contributed by atoms with Crippen molar-refractivity contribution >= 4 is 17.4 Å². The number of anilines is 1. The van der Waals surface area contributed by atoms with Crippen molar-refractivity contribution in [1.29, 1.82) is 0 Å². The van der Waals surface area contributed by atoms with Gasteiger partial charge in [-0.25, -0.2) is 4.98 Å². The lowest BCUT2D eigenvalue weighted by Gasteiger charge is -2.23. The van der Waals surface area contributed by atoms with E-state index < -0.39 is 0 Å². The van der Waals surface area contributed by atoms with Crippen molar-refractivity contribution < 1.29 is 4.74 Å². The molecule has 0 atom stereocenters. The molecule has 0 amide bonds. The molecule has 0 aromatic carbocycles. The van der Waals surface area contributed by atoms with Crippen LogP contribution in [0.15, 0.2) is 6.20 Å². The molecule has 2 rings (SSSR count). The first kappa shape index (κ1) is 14.3. The molecule has 106 valence electrons. The molecule has 1 aliphatic rings. The van der Waals surface area contributed by atoms with Crippen LogP contribution >= 0.6 is 11.6 Å². The molecule has 0 bridgehead atoms. The largest absolute Gasteiger partial charge is 0.467 e. The summed E-state index contributed by atoms with van der Waals surface area (Å²) in [7, 11) is 1.55. The second-order valence-electron chi connectivity index (χ2n) is 4.50. The molecular formula is C12H20ClN5O. The molecule has 2 heterocycles. The van der Waals surface area contributed by atoms with Crippen LogP contribution in [0.3, 0.4) is 0 Å². The van der Waals surface area contributed by atoms with E-state index in [1.165, 1.54) is 0 Å². The third kappa shape index (κ3) is 3.68. The van der Waals surface area contributed by atoms with Gasteiger partial charge in [-0.3, -0.25) is 0 Å². The highest BCUT2D eigenvalue weighted by atomic mass is 35.5. The summed E-state index contributed by atoms with van der Waals surface area (Å²) in [5, 5.41) is 0.563. The Morgan fingerprint density at radius 3 is 2.95 bits per heavy atom. The van der Waals surface area contributed by atoms with Gasteiger partial charge in [0, 0.05) is 32.7 Å². The molecule has 0 radical (unpaired) electrons. The summed E-state index contributed by atoms with van der Waals surface area (Å²) < 4.78 is 5.06. The minimum atomic E-state index is 0.350. The summed E-state index contributed by atoms with van der Waals surface area (Å²) in [6.45, 7) is 5.49. The van der Waals surface area contributed by atoms with Gasteiger partial charge in [-0.2, -0.15) is 4.98 Å². The highest BCUT2D eigenvalue weighted by Gasteiger charge is 2.18. The molecule has 1 aliphatic heterocycles. The zero-order valence-electron chi connectivity index (χ0n) is 11.2. The lowest BCUT2D eigenvalue weighted by Crippen LogP contribution is -2.34. The fraction of sp³-hybridized carbons (Fsp3) is 0.667. The van der Waals surface area contributed by atoms with Crippen molar-refractivity contribution in [3.63, 3.8) is 0 Å². The van der Waals surface area contributed by atoms with Crippen LogP contribution in [0.2, 0.25) is 5.02 Å². The van der Waals surface area contributed by atoms with Crippen molar-refractivity contribution in [2.45, 2.75) is 6.42 Å². The lowest BCUT2D eigenvalue weighted by atomic mass is 10.3. The molecule has 1 aromatic heterocycles. The number of nitrogens with two attached hydrogens (primary N) is 1. The Morgan fingerprint density at radius 1 is 1.37 bits per heavy atom. The first-order valence-electron chi connectivity index (χ1n) is 6.48. The molecule has 0 saturated carbocycles. The second kappa shape index (κ2) is 6.88. The fourth-order valence-corrected chi connectivity index (χ4v) is 2.46. The van der Waals surface area contributed by atoms with E-state index in [0.717, 1.165) is 45.0 Å². The topological polar surface area (TPSA) is 67.5 Å². The SMILES string of the molecule is COc1ncc(Cl)c(N2CCCN(CCN)CC2)n1. The number of ether oxygens (including phenoxy) is 1. The summed E-state index contributed by atoms with van der Waals surface area (Å²) in [6, 6.07) is 0.350. The Morgan fingerprint density at radius 2 is 2.21 bits per heavy atom. The van der Waals surface area contributed by atoms with Crippen LogP contribution in [-0.4, -0.2) is 61.2 Å². The monoisotopic (exact) mass is 285 g/mol. The second-order valence-corrected chi connectivity index (χ2v) is 4.91. The molecule has 0 spiro atoms. The standard InChI is InChI=1S/C12H20ClN5O/c1-19-12-15-9-10(13)11(16-12)18-5-2-4-17(6-3-14)7-8-18/h9H,2-8,14H2,1H3. The van der Waals surface area contributed by atoms with Gasteiger partial charge in [0.15, 0.2) is 5.82 Å². The summed E-state index contributed by atoms with van der Waals surface area (Å²) in [4.78, 5) is 12.9. The van der Waals surface area contributed by atoms with E-state index >= 15 is 0 Å². The van der Waals surface area contributed by atoms with Crippen LogP contribution in [0.4, 0.5) is 5.82 Å². The number of hydrogen-bond acceptors (Lipinski definition) is 6. The predicted molar refractivity (Wildman–Crippen MR) is 75.9 cm³/mol. The summed E-state index contributed by atoms with van der Waals surface area (Å²) >= 11 is 6.18. The minimum absolute atomic E-state index is 0.350. The molecule has 19 heavy (non-hydrogen) atoms. The Bertz CT molecular complexity index is 417. The maximum absolute atomic E-state index is 6.18. The fourth-order valence-electron chi connectivity index (χ4n) is 2.25. The van der Waals surface area contributed by atoms with Crippen LogP contribution in [0, 0.1) is 0 Å². The zero-order chi connectivity index (χ0) is 13.7. The number of rotatable bonds is 4. The number of halogens is 1. The van der Waals surface area contributed by atoms with Gasteiger partial charge < -0.3 is 20.3 Å². The zero-order valence-corrected chi connectivity index (χ0v) is 11.9. The highest BCUT2D eigenvalue weighted by molar-refractivity contribution is 6.32. The number of nitrogens with zero attached hydrogens (tertiary/aromatic N) is 4. The Hall–Kier alpha value is -1.11. The van der Waals surface area contributed by atoms with Gasteiger partial charge in [0.2, 0.25) is 0 Å². The molecule has 7 heteroatoms. The predicted octanol–water partition coefficient (Wildman–Crippen LogP) is 0.609. The van der Waals surface area contributed by atoms with E-state index in [2.05, 4.69) is 19.8 Å². The van der Waals surface area contributed by atoms with Crippen LogP contribution in [0.1, 0.15) is 6.42 Å². The molecule has 1 saturated heterocycles. The van der Waals surface area contributed by atoms with E-state index in [1.807, 2.05) is 0 Å². The van der Waals surface area contributed by atoms with Crippen molar-refractivity contribution in [2.24, 2.45) is 5.73 Å². The van der Waals surface area contributed by atoms with Crippen LogP contribution in [0.5, 0.6) is 6.01 Å². The molecule has 1 aromatic rings. The van der Waals surface area contributed by atoms with E-state index in [0.29, 0.717) is 17.6 Å². The van der Waals surface area contributed by atoms with Gasteiger partial charge in [-0.15, -0.1) is 0 Å².